The van der Waals surface area contributed by atoms with E-state index in [9.17, 15) is 13.2 Å². The lowest BCUT2D eigenvalue weighted by Gasteiger charge is -2.33. The molecule has 1 atom stereocenters. The SMILES string of the molecule is CC(NS(C)(=O)=O)C(=O)N1CCC(c2nccn2CCCN(C)C)CC1. The van der Waals surface area contributed by atoms with Crippen LogP contribution in [0.4, 0.5) is 0 Å². The number of hydrogen-bond acceptors (Lipinski definition) is 5. The predicted octanol–water partition coefficient (Wildman–Crippen LogP) is 0.479. The Balaban J connectivity index is 1.89. The molecular formula is C17H31N5O3S. The molecule has 1 aliphatic rings. The Kier molecular flexibility index (Phi) is 7.19. The van der Waals surface area contributed by atoms with E-state index in [2.05, 4.69) is 33.3 Å². The molecule has 26 heavy (non-hydrogen) atoms. The normalized spacial score (nSPS) is 17.7. The maximum atomic E-state index is 12.4. The van der Waals surface area contributed by atoms with Crippen LogP contribution >= 0.6 is 0 Å². The van der Waals surface area contributed by atoms with E-state index in [-0.39, 0.29) is 5.91 Å². The van der Waals surface area contributed by atoms with Gasteiger partial charge in [0.25, 0.3) is 0 Å². The van der Waals surface area contributed by atoms with Gasteiger partial charge in [0, 0.05) is 37.9 Å². The van der Waals surface area contributed by atoms with Gasteiger partial charge in [0.05, 0.1) is 12.3 Å². The van der Waals surface area contributed by atoms with Gasteiger partial charge in [-0.2, -0.15) is 0 Å². The van der Waals surface area contributed by atoms with Crippen molar-refractivity contribution in [3.63, 3.8) is 0 Å². The summed E-state index contributed by atoms with van der Waals surface area (Å²) in [7, 11) is 0.753. The monoisotopic (exact) mass is 385 g/mol. The third-order valence-corrected chi connectivity index (χ3v) is 5.47. The molecule has 148 valence electrons. The molecule has 9 heteroatoms. The summed E-state index contributed by atoms with van der Waals surface area (Å²) in [5.74, 6) is 1.27. The highest BCUT2D eigenvalue weighted by atomic mass is 32.2. The molecule has 8 nitrogen and oxygen atoms in total. The van der Waals surface area contributed by atoms with Crippen LogP contribution in [-0.4, -0.2) is 79.7 Å². The summed E-state index contributed by atoms with van der Waals surface area (Å²) >= 11 is 0. The lowest BCUT2D eigenvalue weighted by Crippen LogP contribution is -2.49. The van der Waals surface area contributed by atoms with Gasteiger partial charge < -0.3 is 14.4 Å². The number of rotatable bonds is 8. The van der Waals surface area contributed by atoms with Gasteiger partial charge in [-0.3, -0.25) is 4.79 Å². The Morgan fingerprint density at radius 2 is 2.04 bits per heavy atom. The summed E-state index contributed by atoms with van der Waals surface area (Å²) in [4.78, 5) is 20.9. The molecule has 0 radical (unpaired) electrons. The summed E-state index contributed by atoms with van der Waals surface area (Å²) in [5, 5.41) is 0. The van der Waals surface area contributed by atoms with E-state index in [1.807, 2.05) is 12.4 Å². The highest BCUT2D eigenvalue weighted by Crippen LogP contribution is 2.27. The number of imidazole rings is 1. The number of carbonyl (C=O) groups is 1. The fraction of sp³-hybridized carbons (Fsp3) is 0.765. The number of piperidine rings is 1. The molecule has 1 fully saturated rings. The van der Waals surface area contributed by atoms with Crippen molar-refractivity contribution in [3.8, 4) is 0 Å². The molecule has 0 aromatic carbocycles. The van der Waals surface area contributed by atoms with Crippen molar-refractivity contribution in [2.75, 3.05) is 40.0 Å². The Morgan fingerprint density at radius 1 is 1.38 bits per heavy atom. The second kappa shape index (κ2) is 8.96. The summed E-state index contributed by atoms with van der Waals surface area (Å²) < 4.78 is 27.2. The first-order valence-corrected chi connectivity index (χ1v) is 11.0. The van der Waals surface area contributed by atoms with E-state index in [1.165, 1.54) is 0 Å². The molecule has 0 bridgehead atoms. The molecule has 2 rings (SSSR count). The van der Waals surface area contributed by atoms with Crippen LogP contribution in [0.2, 0.25) is 0 Å². The molecule has 0 saturated carbocycles. The van der Waals surface area contributed by atoms with Gasteiger partial charge in [-0.25, -0.2) is 18.1 Å². The van der Waals surface area contributed by atoms with Crippen molar-refractivity contribution in [2.45, 2.75) is 44.7 Å². The van der Waals surface area contributed by atoms with Crippen molar-refractivity contribution in [1.82, 2.24) is 24.1 Å². The summed E-state index contributed by atoms with van der Waals surface area (Å²) in [6.45, 7) is 4.83. The molecule has 2 heterocycles. The lowest BCUT2D eigenvalue weighted by atomic mass is 9.95. The fourth-order valence-corrected chi connectivity index (χ4v) is 4.17. The highest BCUT2D eigenvalue weighted by Gasteiger charge is 2.29. The average Bonchev–Trinajstić information content (AvgIpc) is 3.01. The van der Waals surface area contributed by atoms with Crippen molar-refractivity contribution in [3.05, 3.63) is 18.2 Å². The number of nitrogens with one attached hydrogen (secondary N) is 1. The van der Waals surface area contributed by atoms with Crippen LogP contribution in [0, 0.1) is 0 Å². The third kappa shape index (κ3) is 6.07. The summed E-state index contributed by atoms with van der Waals surface area (Å²) in [6, 6.07) is -0.727. The average molecular weight is 386 g/mol. The first-order chi connectivity index (χ1) is 12.2. The molecule has 0 aliphatic carbocycles. The fourth-order valence-electron chi connectivity index (χ4n) is 3.43. The minimum absolute atomic E-state index is 0.164. The minimum atomic E-state index is -3.39. The zero-order valence-corrected chi connectivity index (χ0v) is 17.0. The predicted molar refractivity (Wildman–Crippen MR) is 101 cm³/mol. The van der Waals surface area contributed by atoms with Crippen LogP contribution < -0.4 is 4.72 Å². The molecule has 1 aliphatic heterocycles. The standard InChI is InChI=1S/C17H31N5O3S/c1-14(19-26(4,24)25)17(23)22-11-6-15(7-12-22)16-18-8-13-21(16)10-5-9-20(2)3/h8,13-15,19H,5-7,9-12H2,1-4H3. The number of aromatic nitrogens is 2. The van der Waals surface area contributed by atoms with Crippen LogP contribution in [-0.2, 0) is 21.4 Å². The Labute approximate surface area is 156 Å². The van der Waals surface area contributed by atoms with E-state index in [0.717, 1.165) is 44.4 Å². The maximum absolute atomic E-state index is 12.4. The number of amides is 1. The van der Waals surface area contributed by atoms with E-state index in [1.54, 1.807) is 11.8 Å². The van der Waals surface area contributed by atoms with E-state index in [4.69, 9.17) is 0 Å². The topological polar surface area (TPSA) is 87.5 Å². The van der Waals surface area contributed by atoms with Crippen LogP contribution in [0.15, 0.2) is 12.4 Å². The number of nitrogens with zero attached hydrogens (tertiary/aromatic N) is 4. The summed E-state index contributed by atoms with van der Waals surface area (Å²) in [6.07, 6.45) is 7.72. The van der Waals surface area contributed by atoms with Crippen molar-refractivity contribution in [2.24, 2.45) is 0 Å². The van der Waals surface area contributed by atoms with Crippen molar-refractivity contribution >= 4 is 15.9 Å². The first kappa shape index (κ1) is 20.9. The van der Waals surface area contributed by atoms with E-state index >= 15 is 0 Å². The Morgan fingerprint density at radius 3 is 2.62 bits per heavy atom. The second-order valence-electron chi connectivity index (χ2n) is 7.35. The third-order valence-electron chi connectivity index (χ3n) is 4.69. The molecule has 1 aromatic rings. The summed E-state index contributed by atoms with van der Waals surface area (Å²) in [5.41, 5.74) is 0. The van der Waals surface area contributed by atoms with Crippen LogP contribution in [0.5, 0.6) is 0 Å². The van der Waals surface area contributed by atoms with Crippen LogP contribution in [0.1, 0.15) is 37.9 Å². The van der Waals surface area contributed by atoms with Crippen LogP contribution in [0.3, 0.4) is 0 Å². The highest BCUT2D eigenvalue weighted by molar-refractivity contribution is 7.88. The smallest absolute Gasteiger partial charge is 0.240 e. The minimum Gasteiger partial charge on any atom is -0.341 e. The first-order valence-electron chi connectivity index (χ1n) is 9.09. The number of aryl methyl sites for hydroxylation is 1. The van der Waals surface area contributed by atoms with Crippen molar-refractivity contribution < 1.29 is 13.2 Å². The second-order valence-corrected chi connectivity index (χ2v) is 9.13. The van der Waals surface area contributed by atoms with Crippen LogP contribution in [0.25, 0.3) is 0 Å². The zero-order valence-electron chi connectivity index (χ0n) is 16.2. The van der Waals surface area contributed by atoms with E-state index < -0.39 is 16.1 Å². The molecule has 1 N–H and O–H groups in total. The van der Waals surface area contributed by atoms with Gasteiger partial charge in [-0.05, 0) is 46.8 Å². The molecule has 0 spiro atoms. The van der Waals surface area contributed by atoms with Gasteiger partial charge >= 0.3 is 0 Å². The molecule has 1 unspecified atom stereocenters. The maximum Gasteiger partial charge on any atom is 0.240 e. The number of carbonyl (C=O) groups excluding carboxylic acids is 1. The number of likely N-dealkylation sites (tertiary alicyclic amines) is 1. The molecule has 1 saturated heterocycles. The van der Waals surface area contributed by atoms with Gasteiger partial charge in [-0.1, -0.05) is 0 Å². The zero-order chi connectivity index (χ0) is 19.3. The lowest BCUT2D eigenvalue weighted by molar-refractivity contribution is -0.133. The van der Waals surface area contributed by atoms with Crippen molar-refractivity contribution in [1.29, 1.82) is 0 Å². The van der Waals surface area contributed by atoms with Gasteiger partial charge in [0.1, 0.15) is 5.82 Å². The largest absolute Gasteiger partial charge is 0.341 e. The molecular weight excluding hydrogens is 354 g/mol. The molecule has 1 amide bonds. The Bertz CT molecular complexity index is 693. The number of sulfonamides is 1. The molecule has 1 aromatic heterocycles. The Hall–Kier alpha value is -1.45. The van der Waals surface area contributed by atoms with Gasteiger partial charge in [-0.15, -0.1) is 0 Å². The van der Waals surface area contributed by atoms with Gasteiger partial charge in [0.2, 0.25) is 15.9 Å². The van der Waals surface area contributed by atoms with E-state index in [0.29, 0.717) is 19.0 Å². The van der Waals surface area contributed by atoms with Gasteiger partial charge in [0.15, 0.2) is 0 Å². The number of hydrogen-bond donors (Lipinski definition) is 1. The quantitative estimate of drug-likeness (QED) is 0.703.